The van der Waals surface area contributed by atoms with Gasteiger partial charge in [-0.3, -0.25) is 0 Å². The van der Waals surface area contributed by atoms with E-state index in [4.69, 9.17) is 11.5 Å². The van der Waals surface area contributed by atoms with E-state index in [1.807, 2.05) is 24.3 Å². The lowest BCUT2D eigenvalue weighted by atomic mass is 9.92. The molecule has 0 aliphatic rings. The number of aryl methyl sites for hydroxylation is 1. The van der Waals surface area contributed by atoms with Crippen LogP contribution < -0.4 is 11.5 Å². The molecule has 0 fully saturated rings. The normalized spacial score (nSPS) is 11.1. The molecule has 0 radical (unpaired) electrons. The van der Waals surface area contributed by atoms with Crippen molar-refractivity contribution in [3.05, 3.63) is 165 Å². The first-order valence-corrected chi connectivity index (χ1v) is 15.5. The van der Waals surface area contributed by atoms with Gasteiger partial charge < -0.3 is 11.5 Å². The smallest absolute Gasteiger partial charge is 0.0314 e. The summed E-state index contributed by atoms with van der Waals surface area (Å²) in [6.07, 6.45) is 10.1. The van der Waals surface area contributed by atoms with Gasteiger partial charge in [-0.1, -0.05) is 117 Å². The summed E-state index contributed by atoms with van der Waals surface area (Å²) in [5.41, 5.74) is 25.6. The lowest BCUT2D eigenvalue weighted by Crippen LogP contribution is -2.00. The quantitative estimate of drug-likeness (QED) is 0.113. The molecule has 5 aromatic carbocycles. The Morgan fingerprint density at radius 3 is 1.21 bits per heavy atom. The predicted molar refractivity (Wildman–Crippen MR) is 180 cm³/mol. The van der Waals surface area contributed by atoms with Gasteiger partial charge >= 0.3 is 0 Å². The lowest BCUT2D eigenvalue weighted by Gasteiger charge is -2.14. The Balaban J connectivity index is 1.25. The van der Waals surface area contributed by atoms with Gasteiger partial charge in [0.25, 0.3) is 0 Å². The summed E-state index contributed by atoms with van der Waals surface area (Å²) in [5.74, 6) is 0. The second kappa shape index (κ2) is 14.5. The summed E-state index contributed by atoms with van der Waals surface area (Å²) in [5, 5.41) is 0. The number of unbranched alkanes of at least 4 members (excludes halogenated alkanes) is 3. The standard InChI is InChI=1S/C40H44N2/c1-2-3-4-5-6-37-29-36(27-32-9-7-30(8-10-32)25-33-16-21-39(41)22-17-33)15-20-38(37)28-35-13-11-31(12-14-35)26-34-18-23-40(42)24-19-34/h7-24,29H,2-6,25-28,41-42H2,1H3. The number of hydrogen-bond acceptors (Lipinski definition) is 2. The Kier molecular flexibility index (Phi) is 10.1. The van der Waals surface area contributed by atoms with Crippen LogP contribution in [0.5, 0.6) is 0 Å². The molecule has 0 spiro atoms. The van der Waals surface area contributed by atoms with Crippen LogP contribution in [-0.2, 0) is 32.1 Å². The van der Waals surface area contributed by atoms with Crippen molar-refractivity contribution in [1.82, 2.24) is 0 Å². The van der Waals surface area contributed by atoms with Crippen LogP contribution in [0.4, 0.5) is 11.4 Å². The molecule has 0 atom stereocenters. The molecule has 4 N–H and O–H groups in total. The van der Waals surface area contributed by atoms with Gasteiger partial charge in [-0.2, -0.15) is 0 Å². The van der Waals surface area contributed by atoms with Gasteiger partial charge in [0, 0.05) is 11.4 Å². The van der Waals surface area contributed by atoms with E-state index in [0.29, 0.717) is 0 Å². The first-order chi connectivity index (χ1) is 20.5. The van der Waals surface area contributed by atoms with Crippen molar-refractivity contribution in [2.75, 3.05) is 11.5 Å². The first kappa shape index (κ1) is 29.2. The molecule has 214 valence electrons. The van der Waals surface area contributed by atoms with Crippen LogP contribution in [0, 0.1) is 0 Å². The zero-order valence-electron chi connectivity index (χ0n) is 25.0. The fourth-order valence-corrected chi connectivity index (χ4v) is 5.68. The monoisotopic (exact) mass is 552 g/mol. The van der Waals surface area contributed by atoms with Crippen molar-refractivity contribution < 1.29 is 0 Å². The maximum atomic E-state index is 5.85. The molecule has 0 aliphatic heterocycles. The molecule has 0 heterocycles. The average Bonchev–Trinajstić information content (AvgIpc) is 3.01. The number of rotatable bonds is 13. The molecular weight excluding hydrogens is 508 g/mol. The molecule has 42 heavy (non-hydrogen) atoms. The van der Waals surface area contributed by atoms with Crippen LogP contribution in [0.15, 0.2) is 115 Å². The topological polar surface area (TPSA) is 52.0 Å². The van der Waals surface area contributed by atoms with Crippen molar-refractivity contribution in [2.24, 2.45) is 0 Å². The minimum atomic E-state index is 0.813. The number of nitrogens with two attached hydrogens (primary N) is 2. The highest BCUT2D eigenvalue weighted by atomic mass is 14.5. The van der Waals surface area contributed by atoms with E-state index < -0.39 is 0 Å². The second-order valence-electron chi connectivity index (χ2n) is 11.7. The third-order valence-electron chi connectivity index (χ3n) is 8.20. The molecule has 2 heteroatoms. The van der Waals surface area contributed by atoms with E-state index in [9.17, 15) is 0 Å². The van der Waals surface area contributed by atoms with Gasteiger partial charge in [0.05, 0.1) is 0 Å². The van der Waals surface area contributed by atoms with Gasteiger partial charge in [0.2, 0.25) is 0 Å². The molecule has 2 nitrogen and oxygen atoms in total. The zero-order valence-corrected chi connectivity index (χ0v) is 25.0. The van der Waals surface area contributed by atoms with E-state index in [0.717, 1.165) is 43.5 Å². The molecule has 0 aromatic heterocycles. The Morgan fingerprint density at radius 1 is 0.381 bits per heavy atom. The Hall–Kier alpha value is -4.30. The Labute approximate surface area is 252 Å². The molecule has 0 aliphatic carbocycles. The molecule has 0 unspecified atom stereocenters. The summed E-state index contributed by atoms with van der Waals surface area (Å²) in [6, 6.07) is 41.8. The van der Waals surface area contributed by atoms with E-state index in [1.54, 1.807) is 0 Å². The summed E-state index contributed by atoms with van der Waals surface area (Å²) in [4.78, 5) is 0. The van der Waals surface area contributed by atoms with Crippen LogP contribution in [-0.4, -0.2) is 0 Å². The highest BCUT2D eigenvalue weighted by Gasteiger charge is 2.08. The van der Waals surface area contributed by atoms with Crippen LogP contribution in [0.2, 0.25) is 0 Å². The van der Waals surface area contributed by atoms with E-state index >= 15 is 0 Å². The number of benzene rings is 5. The zero-order chi connectivity index (χ0) is 29.1. The van der Waals surface area contributed by atoms with Crippen molar-refractivity contribution >= 4 is 11.4 Å². The summed E-state index contributed by atoms with van der Waals surface area (Å²) in [6.45, 7) is 2.28. The third-order valence-corrected chi connectivity index (χ3v) is 8.20. The van der Waals surface area contributed by atoms with E-state index in [2.05, 4.69) is 97.9 Å². The minimum Gasteiger partial charge on any atom is -0.399 e. The van der Waals surface area contributed by atoms with Crippen molar-refractivity contribution in [3.8, 4) is 0 Å². The third kappa shape index (κ3) is 8.60. The van der Waals surface area contributed by atoms with Crippen LogP contribution in [0.3, 0.4) is 0 Å². The van der Waals surface area contributed by atoms with Crippen molar-refractivity contribution in [3.63, 3.8) is 0 Å². The fourth-order valence-electron chi connectivity index (χ4n) is 5.68. The predicted octanol–water partition coefficient (Wildman–Crippen LogP) is 9.34. The molecular formula is C40H44N2. The van der Waals surface area contributed by atoms with Gasteiger partial charge in [-0.25, -0.2) is 0 Å². The number of nitrogen functional groups attached to an aromatic ring is 2. The first-order valence-electron chi connectivity index (χ1n) is 15.5. The Bertz CT molecular complexity index is 1530. The van der Waals surface area contributed by atoms with E-state index in [1.165, 1.54) is 75.8 Å². The fraction of sp³-hybridized carbons (Fsp3) is 0.250. The van der Waals surface area contributed by atoms with Crippen LogP contribution in [0.25, 0.3) is 0 Å². The van der Waals surface area contributed by atoms with Gasteiger partial charge in [-0.05, 0) is 113 Å². The number of hydrogen-bond donors (Lipinski definition) is 2. The molecule has 0 saturated carbocycles. The molecule has 0 amide bonds. The number of anilines is 2. The summed E-state index contributed by atoms with van der Waals surface area (Å²) < 4.78 is 0. The van der Waals surface area contributed by atoms with Gasteiger partial charge in [0.1, 0.15) is 0 Å². The highest BCUT2D eigenvalue weighted by Crippen LogP contribution is 2.23. The summed E-state index contributed by atoms with van der Waals surface area (Å²) >= 11 is 0. The largest absolute Gasteiger partial charge is 0.399 e. The summed E-state index contributed by atoms with van der Waals surface area (Å²) in [7, 11) is 0. The van der Waals surface area contributed by atoms with Crippen LogP contribution >= 0.6 is 0 Å². The molecule has 0 bridgehead atoms. The van der Waals surface area contributed by atoms with E-state index in [-0.39, 0.29) is 0 Å². The molecule has 5 aromatic rings. The average molecular weight is 553 g/mol. The molecule has 0 saturated heterocycles. The molecule has 5 rings (SSSR count). The van der Waals surface area contributed by atoms with Crippen molar-refractivity contribution in [2.45, 2.75) is 64.7 Å². The lowest BCUT2D eigenvalue weighted by molar-refractivity contribution is 0.665. The maximum absolute atomic E-state index is 5.85. The van der Waals surface area contributed by atoms with Gasteiger partial charge in [0.15, 0.2) is 0 Å². The highest BCUT2D eigenvalue weighted by molar-refractivity contribution is 5.43. The second-order valence-corrected chi connectivity index (χ2v) is 11.7. The SMILES string of the molecule is CCCCCCc1cc(Cc2ccc(Cc3ccc(N)cc3)cc2)ccc1Cc1ccc(Cc2ccc(N)cc2)cc1. The minimum absolute atomic E-state index is 0.813. The van der Waals surface area contributed by atoms with Crippen LogP contribution in [0.1, 0.15) is 82.7 Å². The van der Waals surface area contributed by atoms with Crippen molar-refractivity contribution in [1.29, 1.82) is 0 Å². The maximum Gasteiger partial charge on any atom is 0.0314 e. The van der Waals surface area contributed by atoms with Gasteiger partial charge in [-0.15, -0.1) is 0 Å². The Morgan fingerprint density at radius 2 is 0.762 bits per heavy atom.